The molecule has 0 aliphatic carbocycles. The average Bonchev–Trinajstić information content (AvgIpc) is 3.24. The minimum atomic E-state index is -0.699. The number of allylic oxidation sites excluding steroid dienone is 8. The molecule has 0 aliphatic rings. The molecule has 0 aliphatic heterocycles. The van der Waals surface area contributed by atoms with Gasteiger partial charge in [0, 0.05) is 12.8 Å². The van der Waals surface area contributed by atoms with Gasteiger partial charge in [-0.15, -0.1) is 0 Å². The molecule has 0 saturated carbocycles. The van der Waals surface area contributed by atoms with E-state index in [-0.39, 0.29) is 18.5 Å². The Morgan fingerprint density at radius 2 is 0.864 bits per heavy atom. The van der Waals surface area contributed by atoms with Crippen molar-refractivity contribution in [2.24, 2.45) is 0 Å². The molecule has 6 nitrogen and oxygen atoms in total. The normalized spacial score (nSPS) is 13.1. The van der Waals surface area contributed by atoms with Crippen LogP contribution in [0.3, 0.4) is 0 Å². The Labute approximate surface area is 366 Å². The fourth-order valence-corrected chi connectivity index (χ4v) is 7.42. The van der Waals surface area contributed by atoms with Crippen LogP contribution < -0.4 is 5.32 Å². The van der Waals surface area contributed by atoms with Gasteiger partial charge in [0.15, 0.2) is 0 Å². The van der Waals surface area contributed by atoms with E-state index < -0.39 is 12.1 Å². The molecular formula is C53H97NO5. The van der Waals surface area contributed by atoms with Crippen LogP contribution in [0.1, 0.15) is 251 Å². The van der Waals surface area contributed by atoms with Crippen molar-refractivity contribution < 1.29 is 24.5 Å². The number of nitrogens with one attached hydrogen (secondary N) is 1. The molecule has 3 N–H and O–H groups in total. The topological polar surface area (TPSA) is 95.9 Å². The van der Waals surface area contributed by atoms with Crippen molar-refractivity contribution >= 4 is 11.9 Å². The second-order valence-corrected chi connectivity index (χ2v) is 17.1. The summed E-state index contributed by atoms with van der Waals surface area (Å²) < 4.78 is 5.44. The predicted molar refractivity (Wildman–Crippen MR) is 255 cm³/mol. The molecule has 0 heterocycles. The number of aliphatic hydroxyl groups excluding tert-OH is 2. The Balaban J connectivity index is 3.57. The van der Waals surface area contributed by atoms with E-state index in [1.807, 2.05) is 6.08 Å². The number of aliphatic hydroxyl groups is 2. The lowest BCUT2D eigenvalue weighted by Gasteiger charge is -2.22. The van der Waals surface area contributed by atoms with E-state index in [2.05, 4.69) is 61.7 Å². The number of rotatable bonds is 46. The van der Waals surface area contributed by atoms with Gasteiger partial charge in [0.25, 0.3) is 0 Å². The third-order valence-electron chi connectivity index (χ3n) is 11.4. The number of carbonyl (C=O) groups excluding carboxylic acids is 2. The Kier molecular flexibility index (Phi) is 46.7. The van der Waals surface area contributed by atoms with Crippen LogP contribution >= 0.6 is 0 Å². The third kappa shape index (κ3) is 45.2. The Morgan fingerprint density at radius 3 is 1.34 bits per heavy atom. The molecule has 0 rings (SSSR count). The predicted octanol–water partition coefficient (Wildman–Crippen LogP) is 15.1. The summed E-state index contributed by atoms with van der Waals surface area (Å²) in [6, 6.07) is -0.586. The number of hydrogen-bond donors (Lipinski definition) is 3. The summed E-state index contributed by atoms with van der Waals surface area (Å²) in [5.41, 5.74) is 0. The second-order valence-electron chi connectivity index (χ2n) is 17.1. The highest BCUT2D eigenvalue weighted by molar-refractivity contribution is 5.76. The zero-order valence-electron chi connectivity index (χ0n) is 39.0. The highest BCUT2D eigenvalue weighted by Crippen LogP contribution is 2.15. The van der Waals surface area contributed by atoms with Crippen LogP contribution in [0.15, 0.2) is 48.6 Å². The molecule has 0 aromatic heterocycles. The molecule has 0 aromatic rings. The average molecular weight is 828 g/mol. The Bertz CT molecular complexity index is 1000. The van der Waals surface area contributed by atoms with Crippen LogP contribution in [0.4, 0.5) is 0 Å². The first-order chi connectivity index (χ1) is 29.0. The Morgan fingerprint density at radius 1 is 0.475 bits per heavy atom. The van der Waals surface area contributed by atoms with E-state index in [9.17, 15) is 19.8 Å². The van der Waals surface area contributed by atoms with Gasteiger partial charge in [0.1, 0.15) is 0 Å². The number of amides is 1. The molecule has 344 valence electrons. The molecule has 59 heavy (non-hydrogen) atoms. The van der Waals surface area contributed by atoms with Crippen LogP contribution in [-0.2, 0) is 14.3 Å². The zero-order chi connectivity index (χ0) is 43.0. The minimum absolute atomic E-state index is 0.0313. The van der Waals surface area contributed by atoms with Crippen LogP contribution in [0.25, 0.3) is 0 Å². The van der Waals surface area contributed by atoms with Crippen molar-refractivity contribution in [2.45, 2.75) is 264 Å². The summed E-state index contributed by atoms with van der Waals surface area (Å²) in [5.74, 6) is -0.149. The van der Waals surface area contributed by atoms with Gasteiger partial charge < -0.3 is 20.3 Å². The minimum Gasteiger partial charge on any atom is -0.466 e. The van der Waals surface area contributed by atoms with Crippen molar-refractivity contribution in [3.63, 3.8) is 0 Å². The number of ether oxygens (including phenoxy) is 1. The lowest BCUT2D eigenvalue weighted by Crippen LogP contribution is -2.45. The van der Waals surface area contributed by atoms with Gasteiger partial charge in [0.05, 0.1) is 25.4 Å². The van der Waals surface area contributed by atoms with Gasteiger partial charge in [-0.1, -0.05) is 210 Å². The van der Waals surface area contributed by atoms with E-state index in [4.69, 9.17) is 4.74 Å². The quantitative estimate of drug-likeness (QED) is 0.0323. The maximum Gasteiger partial charge on any atom is 0.305 e. The smallest absolute Gasteiger partial charge is 0.305 e. The fraction of sp³-hybridized carbons (Fsp3) is 0.811. The molecular weight excluding hydrogens is 731 g/mol. The molecule has 6 heteroatoms. The summed E-state index contributed by atoms with van der Waals surface area (Å²) >= 11 is 0. The highest BCUT2D eigenvalue weighted by Gasteiger charge is 2.19. The molecule has 0 fully saturated rings. The van der Waals surface area contributed by atoms with Gasteiger partial charge in [-0.05, 0) is 77.0 Å². The highest BCUT2D eigenvalue weighted by atomic mass is 16.5. The van der Waals surface area contributed by atoms with Crippen LogP contribution in [0, 0.1) is 0 Å². The first-order valence-corrected chi connectivity index (χ1v) is 25.4. The standard InChI is InChI=1S/C53H97NO5/c1-3-5-7-9-11-13-15-17-18-19-23-27-31-35-39-43-47-53(58)59-48-44-40-36-32-28-24-20-22-26-30-34-38-42-46-52(57)54-50(49-55)51(56)45-41-37-33-29-25-21-16-14-12-10-8-6-4-2/h13,15,18-19,22,26,34,38,50-51,55-56H,3-12,14,16-17,20-21,23-25,27-33,35-37,39-49H2,1-2H3,(H,54,57)/b15-13-,19-18-,26-22-,38-34-. The van der Waals surface area contributed by atoms with Crippen LogP contribution in [0.2, 0.25) is 0 Å². The zero-order valence-corrected chi connectivity index (χ0v) is 39.0. The van der Waals surface area contributed by atoms with Crippen molar-refractivity contribution in [2.75, 3.05) is 13.2 Å². The van der Waals surface area contributed by atoms with Gasteiger partial charge in [-0.2, -0.15) is 0 Å². The van der Waals surface area contributed by atoms with E-state index in [1.54, 1.807) is 0 Å². The van der Waals surface area contributed by atoms with Crippen molar-refractivity contribution in [1.82, 2.24) is 5.32 Å². The summed E-state index contributed by atoms with van der Waals surface area (Å²) in [7, 11) is 0. The van der Waals surface area contributed by atoms with Crippen molar-refractivity contribution in [3.05, 3.63) is 48.6 Å². The van der Waals surface area contributed by atoms with E-state index >= 15 is 0 Å². The molecule has 0 spiro atoms. The SMILES string of the molecule is CCCCCC/C=C\C/C=C\CCCCCCCC(=O)OCCCCCCCC/C=C\C/C=C\CCC(=O)NC(CO)C(O)CCCCCCCCCCCCCCC. The fourth-order valence-electron chi connectivity index (χ4n) is 7.42. The number of carbonyl (C=O) groups is 2. The Hall–Kier alpha value is -2.18. The number of esters is 1. The summed E-state index contributed by atoms with van der Waals surface area (Å²) in [6.45, 7) is 4.85. The molecule has 0 saturated heterocycles. The van der Waals surface area contributed by atoms with Crippen LogP contribution in [-0.4, -0.2) is 47.4 Å². The monoisotopic (exact) mass is 828 g/mol. The maximum atomic E-state index is 12.4. The van der Waals surface area contributed by atoms with Crippen molar-refractivity contribution in [1.29, 1.82) is 0 Å². The van der Waals surface area contributed by atoms with Gasteiger partial charge in [-0.25, -0.2) is 0 Å². The summed E-state index contributed by atoms with van der Waals surface area (Å²) in [5, 5.41) is 23.1. The molecule has 0 radical (unpaired) electrons. The van der Waals surface area contributed by atoms with Gasteiger partial charge in [-0.3, -0.25) is 9.59 Å². The van der Waals surface area contributed by atoms with Crippen molar-refractivity contribution in [3.8, 4) is 0 Å². The third-order valence-corrected chi connectivity index (χ3v) is 11.4. The summed E-state index contributed by atoms with van der Waals surface area (Å²) in [4.78, 5) is 24.4. The van der Waals surface area contributed by atoms with Gasteiger partial charge in [0.2, 0.25) is 5.91 Å². The molecule has 1 amide bonds. The molecule has 2 atom stereocenters. The first-order valence-electron chi connectivity index (χ1n) is 25.4. The maximum absolute atomic E-state index is 12.4. The molecule has 0 bridgehead atoms. The van der Waals surface area contributed by atoms with E-state index in [0.29, 0.717) is 32.3 Å². The lowest BCUT2D eigenvalue weighted by atomic mass is 10.0. The number of hydrogen-bond acceptors (Lipinski definition) is 5. The largest absolute Gasteiger partial charge is 0.466 e. The molecule has 0 aromatic carbocycles. The lowest BCUT2D eigenvalue weighted by molar-refractivity contribution is -0.143. The van der Waals surface area contributed by atoms with Crippen LogP contribution in [0.5, 0.6) is 0 Å². The molecule has 2 unspecified atom stereocenters. The number of unbranched alkanes of at least 4 members (excludes halogenated alkanes) is 27. The van der Waals surface area contributed by atoms with E-state index in [0.717, 1.165) is 64.2 Å². The van der Waals surface area contributed by atoms with Gasteiger partial charge >= 0.3 is 5.97 Å². The first kappa shape index (κ1) is 56.8. The second kappa shape index (κ2) is 48.5. The van der Waals surface area contributed by atoms with E-state index in [1.165, 1.54) is 148 Å². The summed E-state index contributed by atoms with van der Waals surface area (Å²) in [6.07, 6.45) is 59.4.